The summed E-state index contributed by atoms with van der Waals surface area (Å²) in [4.78, 5) is 36.6. The molecular weight excluding hydrogens is 321 g/mol. The first kappa shape index (κ1) is 19.1. The highest BCUT2D eigenvalue weighted by atomic mass is 19.1. The summed E-state index contributed by atoms with van der Waals surface area (Å²) in [6.07, 6.45) is -1.49. The maximum absolute atomic E-state index is 12.8. The van der Waals surface area contributed by atoms with Crippen molar-refractivity contribution in [2.24, 2.45) is 0 Å². The van der Waals surface area contributed by atoms with Crippen LogP contribution in [0.2, 0.25) is 0 Å². The van der Waals surface area contributed by atoms with E-state index in [9.17, 15) is 23.9 Å². The number of hydrogen-bond acceptors (Lipinski definition) is 4. The quantitative estimate of drug-likeness (QED) is 0.329. The lowest BCUT2D eigenvalue weighted by Gasteiger charge is -2.16. The fourth-order valence-electron chi connectivity index (χ4n) is 1.88. The van der Waals surface area contributed by atoms with E-state index in [0.717, 1.165) is 0 Å². The standard InChI is InChI=1S/C15H16FN3O5/c16-10-3-1-9(2-4-10)7-13(21)14(22)19-12(15(23)24)6-5-11(20)8-18-17/h1-4,8,12-13,21H,5-7H2,(H,19,22)(H,23,24)/t12-,13-/m0/s1. The van der Waals surface area contributed by atoms with Crippen LogP contribution in [0.15, 0.2) is 24.3 Å². The molecule has 0 unspecified atom stereocenters. The number of hydrogen-bond donors (Lipinski definition) is 3. The zero-order chi connectivity index (χ0) is 18.1. The minimum atomic E-state index is -1.52. The van der Waals surface area contributed by atoms with E-state index in [2.05, 4.69) is 10.1 Å². The van der Waals surface area contributed by atoms with Crippen LogP contribution >= 0.6 is 0 Å². The lowest BCUT2D eigenvalue weighted by atomic mass is 10.1. The number of carbonyl (C=O) groups excluding carboxylic acids is 2. The van der Waals surface area contributed by atoms with Crippen molar-refractivity contribution in [2.75, 3.05) is 0 Å². The van der Waals surface area contributed by atoms with Crippen LogP contribution in [0, 0.1) is 5.82 Å². The van der Waals surface area contributed by atoms with E-state index in [1.807, 2.05) is 0 Å². The molecule has 0 bridgehead atoms. The predicted octanol–water partition coefficient (Wildman–Crippen LogP) is -0.0516. The highest BCUT2D eigenvalue weighted by molar-refractivity contribution is 6.25. The predicted molar refractivity (Wildman–Crippen MR) is 79.6 cm³/mol. The molecule has 0 aromatic heterocycles. The van der Waals surface area contributed by atoms with Crippen molar-refractivity contribution in [2.45, 2.75) is 31.4 Å². The van der Waals surface area contributed by atoms with Crippen molar-refractivity contribution in [3.05, 3.63) is 41.2 Å². The Labute approximate surface area is 136 Å². The summed E-state index contributed by atoms with van der Waals surface area (Å²) in [5, 5.41) is 21.0. The molecule has 0 saturated heterocycles. The average molecular weight is 337 g/mol. The van der Waals surface area contributed by atoms with E-state index in [0.29, 0.717) is 11.8 Å². The fraction of sp³-hybridized carbons (Fsp3) is 0.333. The van der Waals surface area contributed by atoms with Crippen molar-refractivity contribution in [3.8, 4) is 0 Å². The highest BCUT2D eigenvalue weighted by Crippen LogP contribution is 2.07. The Morgan fingerprint density at radius 1 is 1.29 bits per heavy atom. The molecule has 0 fully saturated rings. The maximum Gasteiger partial charge on any atom is 0.326 e. The third-order valence-corrected chi connectivity index (χ3v) is 3.14. The monoisotopic (exact) mass is 337 g/mol. The van der Waals surface area contributed by atoms with Crippen LogP contribution in [0.3, 0.4) is 0 Å². The molecule has 1 aromatic rings. The molecule has 24 heavy (non-hydrogen) atoms. The summed E-state index contributed by atoms with van der Waals surface area (Å²) in [7, 11) is 0. The van der Waals surface area contributed by atoms with Crippen molar-refractivity contribution in [3.63, 3.8) is 0 Å². The third-order valence-electron chi connectivity index (χ3n) is 3.14. The lowest BCUT2D eigenvalue weighted by Crippen LogP contribution is -2.46. The van der Waals surface area contributed by atoms with Gasteiger partial charge in [-0.2, -0.15) is 4.79 Å². The summed E-state index contributed by atoms with van der Waals surface area (Å²) in [5.74, 6) is -3.36. The van der Waals surface area contributed by atoms with Gasteiger partial charge < -0.3 is 21.1 Å². The molecule has 0 saturated carbocycles. The lowest BCUT2D eigenvalue weighted by molar-refractivity contribution is -0.143. The second-order valence-corrected chi connectivity index (χ2v) is 5.00. The number of rotatable bonds is 9. The zero-order valence-electron chi connectivity index (χ0n) is 12.6. The van der Waals surface area contributed by atoms with Crippen LogP contribution in [0.4, 0.5) is 4.39 Å². The number of benzene rings is 1. The van der Waals surface area contributed by atoms with Gasteiger partial charge in [0.05, 0.1) is 0 Å². The van der Waals surface area contributed by atoms with Gasteiger partial charge in [0, 0.05) is 12.8 Å². The molecule has 1 amide bonds. The Morgan fingerprint density at radius 2 is 1.92 bits per heavy atom. The average Bonchev–Trinajstić information content (AvgIpc) is 2.53. The van der Waals surface area contributed by atoms with Gasteiger partial charge in [0.2, 0.25) is 11.7 Å². The third kappa shape index (κ3) is 6.47. The topological polar surface area (TPSA) is 140 Å². The molecule has 9 heteroatoms. The number of carbonyl (C=O) groups is 3. The molecule has 0 heterocycles. The van der Waals surface area contributed by atoms with Gasteiger partial charge in [-0.05, 0) is 24.1 Å². The number of halogens is 1. The van der Waals surface area contributed by atoms with Crippen LogP contribution in [-0.2, 0) is 20.8 Å². The van der Waals surface area contributed by atoms with Gasteiger partial charge in [-0.15, -0.1) is 0 Å². The minimum Gasteiger partial charge on any atom is -0.480 e. The number of nitrogens with one attached hydrogen (secondary N) is 1. The maximum atomic E-state index is 12.8. The van der Waals surface area contributed by atoms with E-state index >= 15 is 0 Å². The van der Waals surface area contributed by atoms with E-state index in [1.165, 1.54) is 24.3 Å². The molecule has 0 radical (unpaired) electrons. The number of Topliss-reactive ketones (excluding diaryl/α,β-unsaturated/α-hetero) is 1. The number of aliphatic carboxylic acids is 1. The first-order valence-electron chi connectivity index (χ1n) is 6.99. The number of amides is 1. The smallest absolute Gasteiger partial charge is 0.326 e. The molecule has 0 aliphatic carbocycles. The van der Waals surface area contributed by atoms with Crippen LogP contribution in [0.5, 0.6) is 0 Å². The molecule has 8 nitrogen and oxygen atoms in total. The van der Waals surface area contributed by atoms with Gasteiger partial charge in [-0.1, -0.05) is 12.1 Å². The van der Waals surface area contributed by atoms with Gasteiger partial charge in [0.1, 0.15) is 18.0 Å². The van der Waals surface area contributed by atoms with E-state index in [-0.39, 0.29) is 19.3 Å². The molecule has 3 N–H and O–H groups in total. The Bertz CT molecular complexity index is 656. The molecule has 0 aliphatic rings. The summed E-state index contributed by atoms with van der Waals surface area (Å²) in [5.41, 5.74) is 8.69. The van der Waals surface area contributed by atoms with Crippen molar-refractivity contribution < 1.29 is 33.8 Å². The van der Waals surface area contributed by atoms with Crippen molar-refractivity contribution in [1.29, 1.82) is 0 Å². The van der Waals surface area contributed by atoms with Gasteiger partial charge in [0.15, 0.2) is 0 Å². The molecular formula is C15H16FN3O5. The van der Waals surface area contributed by atoms with Crippen molar-refractivity contribution in [1.82, 2.24) is 5.32 Å². The summed E-state index contributed by atoms with van der Waals surface area (Å²) >= 11 is 0. The summed E-state index contributed by atoms with van der Waals surface area (Å²) < 4.78 is 12.8. The Balaban J connectivity index is 2.60. The van der Waals surface area contributed by atoms with Gasteiger partial charge in [0.25, 0.3) is 0 Å². The number of aliphatic hydroxyl groups excluding tert-OH is 1. The number of aliphatic hydroxyl groups is 1. The van der Waals surface area contributed by atoms with E-state index < -0.39 is 35.6 Å². The molecule has 1 aromatic carbocycles. The number of carboxylic acids is 1. The SMILES string of the molecule is [N-]=[N+]=CC(=O)CC[C@H](NC(=O)[C@@H](O)Cc1ccc(F)cc1)C(=O)O. The zero-order valence-corrected chi connectivity index (χ0v) is 12.6. The van der Waals surface area contributed by atoms with Gasteiger partial charge in [-0.3, -0.25) is 9.59 Å². The Kier molecular flexibility index (Phi) is 7.41. The molecule has 0 aliphatic heterocycles. The first-order valence-corrected chi connectivity index (χ1v) is 6.99. The van der Waals surface area contributed by atoms with Crippen LogP contribution < -0.4 is 5.32 Å². The second kappa shape index (κ2) is 9.29. The summed E-state index contributed by atoms with van der Waals surface area (Å²) in [6, 6.07) is 3.76. The van der Waals surface area contributed by atoms with E-state index in [1.54, 1.807) is 0 Å². The minimum absolute atomic E-state index is 0.117. The second-order valence-electron chi connectivity index (χ2n) is 5.00. The number of ketones is 1. The Morgan fingerprint density at radius 3 is 2.46 bits per heavy atom. The number of carboxylic acid groups (broad SMARTS) is 1. The van der Waals surface area contributed by atoms with Crippen LogP contribution in [-0.4, -0.2) is 51.0 Å². The van der Waals surface area contributed by atoms with Gasteiger partial charge in [-0.25, -0.2) is 9.18 Å². The molecule has 128 valence electrons. The normalized spacial score (nSPS) is 12.6. The molecule has 1 rings (SSSR count). The number of nitrogens with zero attached hydrogens (tertiary/aromatic N) is 2. The van der Waals surface area contributed by atoms with E-state index in [4.69, 9.17) is 10.6 Å². The van der Waals surface area contributed by atoms with Crippen molar-refractivity contribution >= 4 is 23.9 Å². The first-order chi connectivity index (χ1) is 11.3. The highest BCUT2D eigenvalue weighted by Gasteiger charge is 2.25. The molecule has 2 atom stereocenters. The largest absolute Gasteiger partial charge is 0.480 e. The van der Waals surface area contributed by atoms with Crippen LogP contribution in [0.25, 0.3) is 5.53 Å². The van der Waals surface area contributed by atoms with Crippen LogP contribution in [0.1, 0.15) is 18.4 Å². The molecule has 0 spiro atoms. The summed E-state index contributed by atoms with van der Waals surface area (Å²) in [6.45, 7) is 0. The Hall–Kier alpha value is -2.90. The fourth-order valence-corrected chi connectivity index (χ4v) is 1.88. The van der Waals surface area contributed by atoms with Gasteiger partial charge >= 0.3 is 12.2 Å².